The Balaban J connectivity index is 2.17. The van der Waals surface area contributed by atoms with E-state index in [9.17, 15) is 0 Å². The number of benzene rings is 1. The third-order valence-corrected chi connectivity index (χ3v) is 2.87. The summed E-state index contributed by atoms with van der Waals surface area (Å²) in [5.74, 6) is 0.968. The van der Waals surface area contributed by atoms with E-state index in [-0.39, 0.29) is 0 Å². The topological polar surface area (TPSA) is 29.9 Å². The Morgan fingerprint density at radius 1 is 1.28 bits per heavy atom. The second-order valence-corrected chi connectivity index (χ2v) is 4.75. The molecule has 0 bridgehead atoms. The van der Waals surface area contributed by atoms with E-state index in [1.54, 1.807) is 0 Å². The molecular weight excluding hydrogens is 222 g/mol. The van der Waals surface area contributed by atoms with Crippen LogP contribution >= 0.6 is 0 Å². The Morgan fingerprint density at radius 3 is 2.83 bits per heavy atom. The molecule has 3 nitrogen and oxygen atoms in total. The molecule has 0 aliphatic rings. The third kappa shape index (κ3) is 3.13. The highest BCUT2D eigenvalue weighted by Gasteiger charge is 2.05. The van der Waals surface area contributed by atoms with E-state index < -0.39 is 0 Å². The molecule has 0 saturated carbocycles. The molecule has 1 aromatic heterocycles. The van der Waals surface area contributed by atoms with Gasteiger partial charge in [-0.1, -0.05) is 36.8 Å². The summed E-state index contributed by atoms with van der Waals surface area (Å²) in [6.07, 6.45) is 3.21. The van der Waals surface area contributed by atoms with Gasteiger partial charge in [0.25, 0.3) is 0 Å². The number of hydrogen-bond acceptors (Lipinski definition) is 2. The zero-order chi connectivity index (χ0) is 13.0. The van der Waals surface area contributed by atoms with Crippen LogP contribution in [-0.2, 0) is 6.54 Å². The summed E-state index contributed by atoms with van der Waals surface area (Å²) < 4.78 is 2.18. The quantitative estimate of drug-likeness (QED) is 0.872. The smallest absolute Gasteiger partial charge is 0.203 e. The summed E-state index contributed by atoms with van der Waals surface area (Å²) in [5, 5.41) is 3.37. The summed E-state index contributed by atoms with van der Waals surface area (Å²) in [6.45, 7) is 8.15. The number of aryl methyl sites for hydroxylation is 2. The van der Waals surface area contributed by atoms with Gasteiger partial charge in [-0.05, 0) is 25.8 Å². The minimum Gasteiger partial charge on any atom is -0.356 e. The van der Waals surface area contributed by atoms with Crippen molar-refractivity contribution in [3.05, 3.63) is 47.3 Å². The molecule has 0 radical (unpaired) electrons. The highest BCUT2D eigenvalue weighted by atomic mass is 15.2. The van der Waals surface area contributed by atoms with Crippen molar-refractivity contribution in [3.63, 3.8) is 0 Å². The first-order valence-electron chi connectivity index (χ1n) is 6.52. The molecule has 96 valence electrons. The largest absolute Gasteiger partial charge is 0.356 e. The number of imidazole rings is 1. The minimum absolute atomic E-state index is 0.870. The highest BCUT2D eigenvalue weighted by Crippen LogP contribution is 2.13. The number of nitrogens with one attached hydrogen (secondary N) is 1. The van der Waals surface area contributed by atoms with E-state index in [1.807, 2.05) is 6.92 Å². The minimum atomic E-state index is 0.870. The van der Waals surface area contributed by atoms with Gasteiger partial charge in [0.1, 0.15) is 0 Å². The van der Waals surface area contributed by atoms with Gasteiger partial charge in [-0.2, -0.15) is 0 Å². The Morgan fingerprint density at radius 2 is 2.11 bits per heavy atom. The summed E-state index contributed by atoms with van der Waals surface area (Å²) in [7, 11) is 0. The number of hydrogen-bond donors (Lipinski definition) is 1. The molecule has 2 aromatic rings. The number of rotatable bonds is 5. The molecule has 0 fully saturated rings. The van der Waals surface area contributed by atoms with Crippen LogP contribution in [0.1, 0.15) is 30.2 Å². The van der Waals surface area contributed by atoms with Crippen LogP contribution in [0.3, 0.4) is 0 Å². The van der Waals surface area contributed by atoms with Crippen molar-refractivity contribution in [1.82, 2.24) is 9.55 Å². The highest BCUT2D eigenvalue weighted by molar-refractivity contribution is 5.31. The normalized spacial score (nSPS) is 10.6. The first kappa shape index (κ1) is 12.7. The molecular formula is C15H21N3. The zero-order valence-electron chi connectivity index (χ0n) is 11.4. The lowest BCUT2D eigenvalue weighted by Crippen LogP contribution is -2.08. The van der Waals surface area contributed by atoms with Crippen LogP contribution in [0, 0.1) is 13.8 Å². The molecule has 0 atom stereocenters. The van der Waals surface area contributed by atoms with Crippen LogP contribution in [0.5, 0.6) is 0 Å². The van der Waals surface area contributed by atoms with E-state index in [0.29, 0.717) is 0 Å². The monoisotopic (exact) mass is 243 g/mol. The van der Waals surface area contributed by atoms with Crippen molar-refractivity contribution in [3.8, 4) is 0 Å². The van der Waals surface area contributed by atoms with Crippen molar-refractivity contribution in [2.45, 2.75) is 33.7 Å². The van der Waals surface area contributed by atoms with E-state index in [1.165, 1.54) is 11.1 Å². The molecule has 0 saturated heterocycles. The summed E-state index contributed by atoms with van der Waals surface area (Å²) >= 11 is 0. The van der Waals surface area contributed by atoms with E-state index in [0.717, 1.165) is 31.2 Å². The predicted octanol–water partition coefficient (Wildman–Crippen LogP) is 3.37. The molecule has 0 spiro atoms. The number of nitrogens with zero attached hydrogens (tertiary/aromatic N) is 2. The number of aromatic nitrogens is 2. The molecule has 0 amide bonds. The van der Waals surface area contributed by atoms with Gasteiger partial charge >= 0.3 is 0 Å². The van der Waals surface area contributed by atoms with Crippen molar-refractivity contribution in [1.29, 1.82) is 0 Å². The van der Waals surface area contributed by atoms with Crippen LogP contribution in [-0.4, -0.2) is 16.1 Å². The average Bonchev–Trinajstić information content (AvgIpc) is 2.67. The molecule has 2 rings (SSSR count). The fourth-order valence-electron chi connectivity index (χ4n) is 2.05. The van der Waals surface area contributed by atoms with Crippen molar-refractivity contribution < 1.29 is 0 Å². The maximum atomic E-state index is 4.52. The molecule has 0 unspecified atom stereocenters. The van der Waals surface area contributed by atoms with Crippen molar-refractivity contribution in [2.75, 3.05) is 11.9 Å². The second kappa shape index (κ2) is 5.71. The van der Waals surface area contributed by atoms with Gasteiger partial charge in [0.15, 0.2) is 0 Å². The van der Waals surface area contributed by atoms with Crippen LogP contribution in [0.4, 0.5) is 5.95 Å². The molecule has 1 aromatic carbocycles. The molecule has 18 heavy (non-hydrogen) atoms. The van der Waals surface area contributed by atoms with E-state index in [4.69, 9.17) is 0 Å². The lowest BCUT2D eigenvalue weighted by molar-refractivity contribution is 0.792. The van der Waals surface area contributed by atoms with Crippen LogP contribution in [0.2, 0.25) is 0 Å². The summed E-state index contributed by atoms with van der Waals surface area (Å²) in [4.78, 5) is 4.52. The average molecular weight is 243 g/mol. The van der Waals surface area contributed by atoms with Crippen LogP contribution in [0.25, 0.3) is 0 Å². The molecule has 1 N–H and O–H groups in total. The standard InChI is InChI=1S/C15H21N3/c1-4-8-16-15-17-13(3)10-18(15)11-14-7-5-6-12(2)9-14/h5-7,9-10H,4,8,11H2,1-3H3,(H,16,17). The Labute approximate surface area is 109 Å². The lowest BCUT2D eigenvalue weighted by atomic mass is 10.1. The Bertz CT molecular complexity index is 514. The molecule has 1 heterocycles. The Kier molecular flexibility index (Phi) is 4.03. The SMILES string of the molecule is CCCNc1nc(C)cn1Cc1cccc(C)c1. The fraction of sp³-hybridized carbons (Fsp3) is 0.400. The van der Waals surface area contributed by atoms with Gasteiger partial charge < -0.3 is 9.88 Å². The summed E-state index contributed by atoms with van der Waals surface area (Å²) in [6, 6.07) is 8.61. The summed E-state index contributed by atoms with van der Waals surface area (Å²) in [5.41, 5.74) is 3.67. The van der Waals surface area contributed by atoms with Gasteiger partial charge in [-0.3, -0.25) is 0 Å². The van der Waals surface area contributed by atoms with Crippen LogP contribution < -0.4 is 5.32 Å². The van der Waals surface area contributed by atoms with Crippen molar-refractivity contribution in [2.24, 2.45) is 0 Å². The first-order valence-corrected chi connectivity index (χ1v) is 6.52. The number of anilines is 1. The lowest BCUT2D eigenvalue weighted by Gasteiger charge is -2.09. The second-order valence-electron chi connectivity index (χ2n) is 4.75. The van der Waals surface area contributed by atoms with Crippen molar-refractivity contribution >= 4 is 5.95 Å². The van der Waals surface area contributed by atoms with Gasteiger partial charge in [-0.15, -0.1) is 0 Å². The first-order chi connectivity index (χ1) is 8.69. The molecule has 3 heteroatoms. The Hall–Kier alpha value is -1.77. The fourth-order valence-corrected chi connectivity index (χ4v) is 2.05. The third-order valence-electron chi connectivity index (χ3n) is 2.87. The molecule has 0 aliphatic carbocycles. The van der Waals surface area contributed by atoms with E-state index >= 15 is 0 Å². The van der Waals surface area contributed by atoms with Gasteiger partial charge in [0.05, 0.1) is 12.2 Å². The van der Waals surface area contributed by atoms with E-state index in [2.05, 4.69) is 59.2 Å². The van der Waals surface area contributed by atoms with Gasteiger partial charge in [0, 0.05) is 12.7 Å². The zero-order valence-corrected chi connectivity index (χ0v) is 11.4. The van der Waals surface area contributed by atoms with Gasteiger partial charge in [0.2, 0.25) is 5.95 Å². The predicted molar refractivity (Wildman–Crippen MR) is 76.0 cm³/mol. The molecule has 0 aliphatic heterocycles. The van der Waals surface area contributed by atoms with Crippen LogP contribution in [0.15, 0.2) is 30.5 Å². The maximum absolute atomic E-state index is 4.52. The van der Waals surface area contributed by atoms with Gasteiger partial charge in [-0.25, -0.2) is 4.98 Å². The maximum Gasteiger partial charge on any atom is 0.203 e.